The number of ketones is 1. The van der Waals surface area contributed by atoms with Crippen molar-refractivity contribution in [3.05, 3.63) is 106 Å². The number of fused-ring (bicyclic) bond motifs is 1. The molecule has 1 aliphatic heterocycles. The Hall–Kier alpha value is -3.36. The van der Waals surface area contributed by atoms with Crippen molar-refractivity contribution < 1.29 is 9.72 Å². The zero-order valence-corrected chi connectivity index (χ0v) is 18.2. The molecule has 2 heterocycles. The van der Waals surface area contributed by atoms with E-state index in [-0.39, 0.29) is 17.0 Å². The van der Waals surface area contributed by atoms with E-state index in [0.29, 0.717) is 49.6 Å². The first kappa shape index (κ1) is 20.5. The van der Waals surface area contributed by atoms with Crippen molar-refractivity contribution in [3.63, 3.8) is 0 Å². The molecule has 7 nitrogen and oxygen atoms in total. The molecule has 0 saturated carbocycles. The van der Waals surface area contributed by atoms with Crippen LogP contribution in [0.5, 0.6) is 0 Å². The molecular weight excluding hydrogens is 450 g/mol. The van der Waals surface area contributed by atoms with Gasteiger partial charge in [-0.2, -0.15) is 0 Å². The topological polar surface area (TPSA) is 94.6 Å². The Morgan fingerprint density at radius 1 is 1.16 bits per heavy atom. The van der Waals surface area contributed by atoms with Gasteiger partial charge < -0.3 is 0 Å². The van der Waals surface area contributed by atoms with Gasteiger partial charge in [0.2, 0.25) is 0 Å². The standard InChI is InChI=1S/C23H16ClN3O4S/c24-16-8-2-1-7-15(16)21-20-17(9-4-10-18(20)28)25-23-26(21)22(29)19(32-23)12-13-5-3-6-14(11-13)27(30)31/h1-3,5-8,11-12,21H,4,9-10H2/b19-12-. The third kappa shape index (κ3) is 3.41. The van der Waals surface area contributed by atoms with E-state index in [1.807, 2.05) is 12.1 Å². The summed E-state index contributed by atoms with van der Waals surface area (Å²) in [4.78, 5) is 42.2. The van der Waals surface area contributed by atoms with Crippen LogP contribution in [0.25, 0.3) is 6.08 Å². The predicted molar refractivity (Wildman–Crippen MR) is 121 cm³/mol. The first-order valence-electron chi connectivity index (χ1n) is 10.0. The Balaban J connectivity index is 1.76. The number of rotatable bonds is 3. The first-order valence-corrected chi connectivity index (χ1v) is 11.2. The van der Waals surface area contributed by atoms with Gasteiger partial charge in [-0.1, -0.05) is 53.3 Å². The van der Waals surface area contributed by atoms with Crippen molar-refractivity contribution in [1.82, 2.24) is 4.57 Å². The SMILES string of the molecule is O=C1CCCC2=C1C(c1ccccc1Cl)n1c(s/c(=C\c3cccc([N+](=O)[O-])c3)c1=O)=N2. The minimum atomic E-state index is -0.644. The number of carbonyl (C=O) groups excluding carboxylic acids is 1. The summed E-state index contributed by atoms with van der Waals surface area (Å²) in [5.74, 6) is -0.0205. The molecule has 0 amide bonds. The number of nitrogens with zero attached hydrogens (tertiary/aromatic N) is 3. The smallest absolute Gasteiger partial charge is 0.271 e. The molecule has 5 rings (SSSR count). The van der Waals surface area contributed by atoms with Crippen LogP contribution < -0.4 is 14.9 Å². The number of non-ortho nitro benzene ring substituents is 1. The molecule has 1 aliphatic carbocycles. The Bertz CT molecular complexity index is 1500. The first-order chi connectivity index (χ1) is 15.4. The lowest BCUT2D eigenvalue weighted by molar-refractivity contribution is -0.384. The summed E-state index contributed by atoms with van der Waals surface area (Å²) in [6.07, 6.45) is 3.41. The number of nitro groups is 1. The Morgan fingerprint density at radius 3 is 2.75 bits per heavy atom. The molecule has 0 fully saturated rings. The highest BCUT2D eigenvalue weighted by molar-refractivity contribution is 7.07. The predicted octanol–water partition coefficient (Wildman–Crippen LogP) is 3.53. The van der Waals surface area contributed by atoms with E-state index >= 15 is 0 Å². The van der Waals surface area contributed by atoms with E-state index in [0.717, 1.165) is 6.42 Å². The molecule has 0 bridgehead atoms. The van der Waals surface area contributed by atoms with Crippen LogP contribution in [0, 0.1) is 10.1 Å². The van der Waals surface area contributed by atoms with Crippen LogP contribution in [0.15, 0.2) is 69.6 Å². The molecule has 2 aliphatic rings. The van der Waals surface area contributed by atoms with Crippen LogP contribution in [0.4, 0.5) is 5.69 Å². The minimum absolute atomic E-state index is 0.0205. The van der Waals surface area contributed by atoms with Gasteiger partial charge in [0, 0.05) is 29.1 Å². The van der Waals surface area contributed by atoms with Gasteiger partial charge in [0.05, 0.1) is 21.2 Å². The van der Waals surface area contributed by atoms with Crippen LogP contribution in [-0.2, 0) is 4.79 Å². The molecule has 1 unspecified atom stereocenters. The van der Waals surface area contributed by atoms with Gasteiger partial charge in [-0.25, -0.2) is 4.99 Å². The molecule has 1 aromatic heterocycles. The Labute approximate surface area is 190 Å². The fourth-order valence-corrected chi connectivity index (χ4v) is 5.44. The highest BCUT2D eigenvalue weighted by Crippen LogP contribution is 2.38. The van der Waals surface area contributed by atoms with Crippen LogP contribution in [0.1, 0.15) is 36.4 Å². The molecule has 3 aromatic rings. The van der Waals surface area contributed by atoms with E-state index in [1.54, 1.807) is 30.3 Å². The van der Waals surface area contributed by atoms with Crippen LogP contribution in [0.2, 0.25) is 5.02 Å². The van der Waals surface area contributed by atoms with Crippen molar-refractivity contribution in [2.24, 2.45) is 4.99 Å². The summed E-state index contributed by atoms with van der Waals surface area (Å²) in [6.45, 7) is 0. The van der Waals surface area contributed by atoms with Crippen molar-refractivity contribution in [2.45, 2.75) is 25.3 Å². The zero-order valence-electron chi connectivity index (χ0n) is 16.7. The van der Waals surface area contributed by atoms with E-state index in [2.05, 4.69) is 4.99 Å². The zero-order chi connectivity index (χ0) is 22.4. The maximum absolute atomic E-state index is 13.5. The molecule has 0 spiro atoms. The molecule has 32 heavy (non-hydrogen) atoms. The second-order valence-corrected chi connectivity index (χ2v) is 9.01. The number of carbonyl (C=O) groups is 1. The number of benzene rings is 2. The summed E-state index contributed by atoms with van der Waals surface area (Å²) >= 11 is 7.69. The van der Waals surface area contributed by atoms with Crippen LogP contribution in [0.3, 0.4) is 0 Å². The van der Waals surface area contributed by atoms with Gasteiger partial charge in [0.1, 0.15) is 0 Å². The molecular formula is C23H16ClN3O4S. The van der Waals surface area contributed by atoms with Gasteiger partial charge in [0.25, 0.3) is 11.2 Å². The van der Waals surface area contributed by atoms with Crippen LogP contribution >= 0.6 is 22.9 Å². The Kier molecular flexibility index (Phi) is 5.11. The maximum Gasteiger partial charge on any atom is 0.271 e. The lowest BCUT2D eigenvalue weighted by Gasteiger charge is -2.29. The normalized spacial score (nSPS) is 18.2. The minimum Gasteiger partial charge on any atom is -0.294 e. The molecule has 0 radical (unpaired) electrons. The third-order valence-corrected chi connectivity index (χ3v) is 6.93. The number of Topliss-reactive ketones (excluding diaryl/α,β-unsaturated/α-hetero) is 1. The molecule has 1 atom stereocenters. The second kappa shape index (κ2) is 7.96. The second-order valence-electron chi connectivity index (χ2n) is 7.59. The summed E-state index contributed by atoms with van der Waals surface area (Å²) in [7, 11) is 0. The average Bonchev–Trinajstić information content (AvgIpc) is 3.08. The molecule has 160 valence electrons. The largest absolute Gasteiger partial charge is 0.294 e. The summed E-state index contributed by atoms with van der Waals surface area (Å²) < 4.78 is 1.91. The molecule has 0 saturated heterocycles. The highest BCUT2D eigenvalue weighted by atomic mass is 35.5. The van der Waals surface area contributed by atoms with Crippen molar-refractivity contribution in [2.75, 3.05) is 0 Å². The van der Waals surface area contributed by atoms with Gasteiger partial charge in [-0.3, -0.25) is 24.3 Å². The summed E-state index contributed by atoms with van der Waals surface area (Å²) in [5.41, 5.74) is 2.08. The molecule has 0 N–H and O–H groups in total. The lowest BCUT2D eigenvalue weighted by Crippen LogP contribution is -2.40. The third-order valence-electron chi connectivity index (χ3n) is 5.61. The maximum atomic E-state index is 13.5. The Morgan fingerprint density at radius 2 is 1.97 bits per heavy atom. The number of halogens is 1. The number of hydrogen-bond donors (Lipinski definition) is 0. The van der Waals surface area contributed by atoms with E-state index in [1.165, 1.54) is 28.0 Å². The number of hydrogen-bond acceptors (Lipinski definition) is 6. The lowest BCUT2D eigenvalue weighted by atomic mass is 9.86. The van der Waals surface area contributed by atoms with Gasteiger partial charge in [-0.05, 0) is 36.1 Å². The van der Waals surface area contributed by atoms with E-state index in [9.17, 15) is 19.7 Å². The van der Waals surface area contributed by atoms with Gasteiger partial charge in [0.15, 0.2) is 10.6 Å². The van der Waals surface area contributed by atoms with Crippen molar-refractivity contribution >= 4 is 40.5 Å². The fourth-order valence-electron chi connectivity index (χ4n) is 4.18. The van der Waals surface area contributed by atoms with Crippen molar-refractivity contribution in [3.8, 4) is 0 Å². The van der Waals surface area contributed by atoms with Gasteiger partial charge in [-0.15, -0.1) is 0 Å². The summed E-state index contributed by atoms with van der Waals surface area (Å²) in [5, 5.41) is 11.6. The monoisotopic (exact) mass is 465 g/mol. The number of thiazole rings is 1. The highest BCUT2D eigenvalue weighted by Gasteiger charge is 2.35. The van der Waals surface area contributed by atoms with Crippen molar-refractivity contribution in [1.29, 1.82) is 0 Å². The van der Waals surface area contributed by atoms with E-state index < -0.39 is 11.0 Å². The summed E-state index contributed by atoms with van der Waals surface area (Å²) in [6, 6.07) is 12.6. The van der Waals surface area contributed by atoms with E-state index in [4.69, 9.17) is 11.6 Å². The molecule has 2 aromatic carbocycles. The number of nitro benzene ring substituents is 1. The molecule has 9 heteroatoms. The number of aromatic nitrogens is 1. The fraction of sp³-hybridized carbons (Fsp3) is 0.174. The van der Waals surface area contributed by atoms with Gasteiger partial charge >= 0.3 is 0 Å². The quantitative estimate of drug-likeness (QED) is 0.436. The number of allylic oxidation sites excluding steroid dienone is 2. The van der Waals surface area contributed by atoms with Crippen LogP contribution in [-0.4, -0.2) is 15.3 Å². The average molecular weight is 466 g/mol.